The van der Waals surface area contributed by atoms with Gasteiger partial charge in [0.2, 0.25) is 0 Å². The average Bonchev–Trinajstić information content (AvgIpc) is 2.78. The Bertz CT molecular complexity index is 396. The van der Waals surface area contributed by atoms with Crippen molar-refractivity contribution in [1.82, 2.24) is 0 Å². The first kappa shape index (κ1) is 10.6. The molecule has 0 aromatic rings. The van der Waals surface area contributed by atoms with Crippen LogP contribution in [0, 0.1) is 34.5 Å². The van der Waals surface area contributed by atoms with Crippen LogP contribution in [-0.4, -0.2) is 5.78 Å². The highest BCUT2D eigenvalue weighted by Gasteiger charge is 2.80. The first-order valence-corrected chi connectivity index (χ1v) is 6.53. The van der Waals surface area contributed by atoms with Crippen molar-refractivity contribution in [3.05, 3.63) is 12.2 Å². The number of Topliss-reactive ketones (excluding diaryl/α,β-unsaturated/α-hetero) is 1. The van der Waals surface area contributed by atoms with E-state index in [1.165, 1.54) is 18.4 Å². The molecule has 3 aliphatic carbocycles. The molecule has 0 N–H and O–H groups in total. The van der Waals surface area contributed by atoms with E-state index in [0.717, 1.165) is 0 Å². The molecule has 0 aliphatic heterocycles. The Morgan fingerprint density at radius 3 is 2.62 bits per heavy atom. The largest absolute Gasteiger partial charge is 0.299 e. The lowest BCUT2D eigenvalue weighted by atomic mass is 9.58. The molecule has 16 heavy (non-hydrogen) atoms. The molecule has 0 aromatic carbocycles. The second-order valence-corrected chi connectivity index (χ2v) is 6.89. The van der Waals surface area contributed by atoms with Gasteiger partial charge in [0.25, 0.3) is 0 Å². The van der Waals surface area contributed by atoms with E-state index < -0.39 is 0 Å². The maximum absolute atomic E-state index is 12.2. The first-order valence-electron chi connectivity index (χ1n) is 6.53. The summed E-state index contributed by atoms with van der Waals surface area (Å²) in [7, 11) is 0. The van der Waals surface area contributed by atoms with Gasteiger partial charge in [-0.05, 0) is 42.4 Å². The van der Waals surface area contributed by atoms with E-state index in [0.29, 0.717) is 29.0 Å². The number of hydrogen-bond acceptors (Lipinski definition) is 1. The third kappa shape index (κ3) is 0.846. The van der Waals surface area contributed by atoms with Gasteiger partial charge in [-0.1, -0.05) is 32.9 Å². The molecule has 3 rings (SSSR count). The predicted molar refractivity (Wildman–Crippen MR) is 64.9 cm³/mol. The minimum absolute atomic E-state index is 0.237. The summed E-state index contributed by atoms with van der Waals surface area (Å²) in [6.45, 7) is 13.1. The zero-order valence-electron chi connectivity index (χ0n) is 10.8. The van der Waals surface area contributed by atoms with Crippen LogP contribution in [0.3, 0.4) is 0 Å². The van der Waals surface area contributed by atoms with Crippen molar-refractivity contribution in [1.29, 1.82) is 0 Å². The fourth-order valence-electron chi connectivity index (χ4n) is 4.98. The molecule has 0 saturated heterocycles. The summed E-state index contributed by atoms with van der Waals surface area (Å²) in [6, 6.07) is 0. The molecule has 0 radical (unpaired) electrons. The van der Waals surface area contributed by atoms with Gasteiger partial charge in [-0.15, -0.1) is 0 Å². The minimum Gasteiger partial charge on any atom is -0.299 e. The van der Waals surface area contributed by atoms with Crippen LogP contribution < -0.4 is 0 Å². The maximum Gasteiger partial charge on any atom is 0.140 e. The van der Waals surface area contributed by atoms with Crippen molar-refractivity contribution in [3.63, 3.8) is 0 Å². The van der Waals surface area contributed by atoms with Gasteiger partial charge in [0.05, 0.1) is 0 Å². The molecule has 1 nitrogen and oxygen atoms in total. The lowest BCUT2D eigenvalue weighted by molar-refractivity contribution is -0.126. The monoisotopic (exact) mass is 218 g/mol. The SMILES string of the molecule is C=C(C)[C@@H]1C[C@@H]2[C@@H]3C(=O)[C@@H](C)[C@](C)(C1)[C@]23C. The Balaban J connectivity index is 2.02. The van der Waals surface area contributed by atoms with Crippen LogP contribution in [0.5, 0.6) is 0 Å². The smallest absolute Gasteiger partial charge is 0.140 e. The van der Waals surface area contributed by atoms with Crippen LogP contribution in [0.2, 0.25) is 0 Å². The number of allylic oxidation sites excluding steroid dienone is 1. The van der Waals surface area contributed by atoms with E-state index in [-0.39, 0.29) is 11.3 Å². The zero-order chi connectivity index (χ0) is 11.9. The Labute approximate surface area is 98.3 Å². The second kappa shape index (κ2) is 2.63. The number of fused-ring (bicyclic) bond motifs is 1. The molecule has 0 heterocycles. The Hall–Kier alpha value is -0.590. The van der Waals surface area contributed by atoms with Crippen LogP contribution in [0.4, 0.5) is 0 Å². The topological polar surface area (TPSA) is 17.1 Å². The Kier molecular flexibility index (Phi) is 1.73. The fourth-order valence-corrected chi connectivity index (χ4v) is 4.98. The van der Waals surface area contributed by atoms with Gasteiger partial charge in [0.1, 0.15) is 5.78 Å². The zero-order valence-corrected chi connectivity index (χ0v) is 10.8. The molecule has 0 unspecified atom stereocenters. The molecule has 0 bridgehead atoms. The first-order chi connectivity index (χ1) is 7.34. The van der Waals surface area contributed by atoms with Gasteiger partial charge in [-0.2, -0.15) is 0 Å². The molecule has 0 amide bonds. The fraction of sp³-hybridized carbons (Fsp3) is 0.800. The van der Waals surface area contributed by atoms with Gasteiger partial charge in [-0.3, -0.25) is 4.79 Å². The van der Waals surface area contributed by atoms with Crippen molar-refractivity contribution in [2.24, 2.45) is 34.5 Å². The highest BCUT2D eigenvalue weighted by atomic mass is 16.1. The molecule has 1 heteroatoms. The molecule has 3 saturated carbocycles. The van der Waals surface area contributed by atoms with E-state index in [4.69, 9.17) is 0 Å². The predicted octanol–water partition coefficient (Wildman–Crippen LogP) is 3.45. The van der Waals surface area contributed by atoms with Gasteiger partial charge >= 0.3 is 0 Å². The van der Waals surface area contributed by atoms with Crippen LogP contribution in [0.25, 0.3) is 0 Å². The van der Waals surface area contributed by atoms with Crippen molar-refractivity contribution in [2.45, 2.75) is 40.5 Å². The summed E-state index contributed by atoms with van der Waals surface area (Å²) < 4.78 is 0. The van der Waals surface area contributed by atoms with E-state index in [1.54, 1.807) is 0 Å². The number of rotatable bonds is 1. The van der Waals surface area contributed by atoms with Crippen LogP contribution in [0.1, 0.15) is 40.5 Å². The van der Waals surface area contributed by atoms with Crippen LogP contribution >= 0.6 is 0 Å². The molecule has 88 valence electrons. The van der Waals surface area contributed by atoms with Crippen LogP contribution in [-0.2, 0) is 4.79 Å². The summed E-state index contributed by atoms with van der Waals surface area (Å²) in [4.78, 5) is 12.2. The van der Waals surface area contributed by atoms with E-state index >= 15 is 0 Å². The second-order valence-electron chi connectivity index (χ2n) is 6.89. The van der Waals surface area contributed by atoms with Gasteiger partial charge in [-0.25, -0.2) is 0 Å². The van der Waals surface area contributed by atoms with Crippen LogP contribution in [0.15, 0.2) is 12.2 Å². The summed E-state index contributed by atoms with van der Waals surface area (Å²) in [5, 5.41) is 0. The van der Waals surface area contributed by atoms with Crippen molar-refractivity contribution in [2.75, 3.05) is 0 Å². The highest BCUT2D eigenvalue weighted by molar-refractivity contribution is 5.92. The standard InChI is InChI=1S/C15H22O/c1-8(2)10-6-11-12-13(16)9(3)14(4,7-10)15(11,12)5/h9-12H,1,6-7H2,2-5H3/t9-,10-,11-,12-,14+,15-/m1/s1. The molecular weight excluding hydrogens is 196 g/mol. The summed E-state index contributed by atoms with van der Waals surface area (Å²) in [6.07, 6.45) is 2.39. The summed E-state index contributed by atoms with van der Waals surface area (Å²) >= 11 is 0. The quantitative estimate of drug-likeness (QED) is 0.616. The molecule has 6 atom stereocenters. The number of carbonyl (C=O) groups excluding carboxylic acids is 1. The molecule has 3 aliphatic rings. The third-order valence-corrected chi connectivity index (χ3v) is 6.53. The minimum atomic E-state index is 0.237. The number of hydrogen-bond donors (Lipinski definition) is 0. The molecular formula is C15H22O. The summed E-state index contributed by atoms with van der Waals surface area (Å²) in [5.41, 5.74) is 1.89. The normalized spacial score (nSPS) is 58.4. The maximum atomic E-state index is 12.2. The lowest BCUT2D eigenvalue weighted by Crippen LogP contribution is -2.40. The Morgan fingerprint density at radius 1 is 1.44 bits per heavy atom. The lowest BCUT2D eigenvalue weighted by Gasteiger charge is -2.45. The van der Waals surface area contributed by atoms with Gasteiger partial charge in [0, 0.05) is 11.8 Å². The van der Waals surface area contributed by atoms with E-state index in [2.05, 4.69) is 34.3 Å². The third-order valence-electron chi connectivity index (χ3n) is 6.53. The molecule has 3 fully saturated rings. The average molecular weight is 218 g/mol. The van der Waals surface area contributed by atoms with Crippen molar-refractivity contribution in [3.8, 4) is 0 Å². The van der Waals surface area contributed by atoms with Gasteiger partial charge < -0.3 is 0 Å². The van der Waals surface area contributed by atoms with E-state index in [1.807, 2.05) is 0 Å². The van der Waals surface area contributed by atoms with Gasteiger partial charge in [0.15, 0.2) is 0 Å². The Morgan fingerprint density at radius 2 is 2.06 bits per heavy atom. The number of carbonyl (C=O) groups is 1. The number of ketones is 1. The highest BCUT2D eigenvalue weighted by Crippen LogP contribution is 2.81. The van der Waals surface area contributed by atoms with Crippen molar-refractivity contribution >= 4 is 5.78 Å². The summed E-state index contributed by atoms with van der Waals surface area (Å²) in [5.74, 6) is 2.52. The molecule has 0 spiro atoms. The van der Waals surface area contributed by atoms with Crippen molar-refractivity contribution < 1.29 is 4.79 Å². The molecule has 0 aromatic heterocycles. The van der Waals surface area contributed by atoms with E-state index in [9.17, 15) is 4.79 Å².